The van der Waals surface area contributed by atoms with Gasteiger partial charge in [-0.05, 0) is 66.6 Å². The molecular formula is C28H22ClFN4O. The molecule has 7 heteroatoms. The van der Waals surface area contributed by atoms with Crippen molar-refractivity contribution in [3.05, 3.63) is 119 Å². The minimum Gasteiger partial charge on any atom is -0.308 e. The number of nitrogens with zero attached hydrogens (tertiary/aromatic N) is 2. The molecule has 0 bridgehead atoms. The van der Waals surface area contributed by atoms with E-state index in [1.807, 2.05) is 60.7 Å². The van der Waals surface area contributed by atoms with E-state index < -0.39 is 11.8 Å². The Hall–Kier alpha value is -4.16. The number of imidazole rings is 1. The lowest BCUT2D eigenvalue weighted by atomic mass is 10.1. The summed E-state index contributed by atoms with van der Waals surface area (Å²) in [6.45, 7) is 0. The van der Waals surface area contributed by atoms with Gasteiger partial charge in [0.2, 0.25) is 0 Å². The predicted molar refractivity (Wildman–Crippen MR) is 139 cm³/mol. The molecule has 35 heavy (non-hydrogen) atoms. The zero-order valence-corrected chi connectivity index (χ0v) is 19.5. The first-order valence-corrected chi connectivity index (χ1v) is 11.6. The highest BCUT2D eigenvalue weighted by Crippen LogP contribution is 2.23. The Morgan fingerprint density at radius 3 is 2.29 bits per heavy atom. The van der Waals surface area contributed by atoms with Crippen molar-refractivity contribution < 1.29 is 9.18 Å². The van der Waals surface area contributed by atoms with E-state index in [2.05, 4.69) is 33.4 Å². The van der Waals surface area contributed by atoms with Crippen LogP contribution >= 0.6 is 11.6 Å². The molecule has 0 radical (unpaired) electrons. The van der Waals surface area contributed by atoms with Crippen LogP contribution in [0.3, 0.4) is 0 Å². The van der Waals surface area contributed by atoms with Gasteiger partial charge in [0.1, 0.15) is 11.6 Å². The molecule has 5 nitrogen and oxygen atoms in total. The van der Waals surface area contributed by atoms with Gasteiger partial charge in [-0.15, -0.1) is 0 Å². The minimum absolute atomic E-state index is 0.0482. The lowest BCUT2D eigenvalue weighted by Crippen LogP contribution is -2.19. The lowest BCUT2D eigenvalue weighted by Gasteiger charge is -2.10. The average Bonchev–Trinajstić information content (AvgIpc) is 3.25. The summed E-state index contributed by atoms with van der Waals surface area (Å²) in [7, 11) is 0. The molecule has 174 valence electrons. The maximum Gasteiger partial charge on any atom is 0.323 e. The monoisotopic (exact) mass is 484 g/mol. The molecule has 5 rings (SSSR count). The van der Waals surface area contributed by atoms with Crippen LogP contribution in [-0.2, 0) is 12.8 Å². The molecule has 0 aliphatic heterocycles. The molecular weight excluding hydrogens is 463 g/mol. The molecule has 2 amide bonds. The summed E-state index contributed by atoms with van der Waals surface area (Å²) in [5.41, 5.74) is 5.33. The normalized spacial score (nSPS) is 10.9. The number of anilines is 2. The van der Waals surface area contributed by atoms with Crippen molar-refractivity contribution in [3.8, 4) is 5.69 Å². The number of benzene rings is 4. The van der Waals surface area contributed by atoms with Crippen molar-refractivity contribution in [2.75, 3.05) is 10.6 Å². The zero-order valence-electron chi connectivity index (χ0n) is 18.7. The van der Waals surface area contributed by atoms with Crippen LogP contribution < -0.4 is 10.6 Å². The molecule has 0 atom stereocenters. The number of halogens is 2. The Balaban J connectivity index is 1.26. The van der Waals surface area contributed by atoms with Crippen LogP contribution in [0, 0.1) is 5.82 Å². The van der Waals surface area contributed by atoms with Gasteiger partial charge >= 0.3 is 6.03 Å². The smallest absolute Gasteiger partial charge is 0.308 e. The standard InChI is InChI=1S/C28H22ClFN4O/c29-23-18-21(15-16-24(23)30)32-28(35)31-20-13-10-19(11-14-20)12-17-27-33-25-8-4-5-9-26(25)34(27)22-6-2-1-3-7-22/h1-11,13-16,18H,12,17H2,(H2,31,32,35). The van der Waals surface area contributed by atoms with E-state index in [0.717, 1.165) is 41.0 Å². The second kappa shape index (κ2) is 9.99. The number of nitrogens with one attached hydrogen (secondary N) is 2. The van der Waals surface area contributed by atoms with E-state index >= 15 is 0 Å². The molecule has 0 saturated carbocycles. The molecule has 1 heterocycles. The van der Waals surface area contributed by atoms with E-state index in [-0.39, 0.29) is 5.02 Å². The number of aryl methyl sites for hydroxylation is 2. The Kier molecular flexibility index (Phi) is 6.46. The largest absolute Gasteiger partial charge is 0.323 e. The quantitative estimate of drug-likeness (QED) is 0.267. The third-order valence-corrected chi connectivity index (χ3v) is 5.96. The van der Waals surface area contributed by atoms with Gasteiger partial charge in [-0.3, -0.25) is 4.57 Å². The van der Waals surface area contributed by atoms with Crippen molar-refractivity contribution in [1.29, 1.82) is 0 Å². The predicted octanol–water partition coefficient (Wildman–Crippen LogP) is 7.25. The fraction of sp³-hybridized carbons (Fsp3) is 0.0714. The zero-order chi connectivity index (χ0) is 24.2. The summed E-state index contributed by atoms with van der Waals surface area (Å²) < 4.78 is 15.5. The van der Waals surface area contributed by atoms with Crippen LogP contribution in [-0.4, -0.2) is 15.6 Å². The summed E-state index contributed by atoms with van der Waals surface area (Å²) in [6, 6.07) is 29.7. The minimum atomic E-state index is -0.535. The summed E-state index contributed by atoms with van der Waals surface area (Å²) in [6.07, 6.45) is 1.57. The number of urea groups is 1. The van der Waals surface area contributed by atoms with Crippen LogP contribution in [0.5, 0.6) is 0 Å². The van der Waals surface area contributed by atoms with Crippen LogP contribution in [0.4, 0.5) is 20.6 Å². The van der Waals surface area contributed by atoms with Gasteiger partial charge in [0.25, 0.3) is 0 Å². The molecule has 0 saturated heterocycles. The third-order valence-electron chi connectivity index (χ3n) is 5.67. The summed E-state index contributed by atoms with van der Waals surface area (Å²) in [5, 5.41) is 5.36. The van der Waals surface area contributed by atoms with Crippen molar-refractivity contribution in [2.24, 2.45) is 0 Å². The second-order valence-electron chi connectivity index (χ2n) is 8.09. The summed E-state index contributed by atoms with van der Waals surface area (Å²) in [4.78, 5) is 17.1. The first-order chi connectivity index (χ1) is 17.1. The lowest BCUT2D eigenvalue weighted by molar-refractivity contribution is 0.262. The number of amides is 2. The Labute approximate surface area is 207 Å². The Bertz CT molecular complexity index is 1480. The highest BCUT2D eigenvalue weighted by molar-refractivity contribution is 6.31. The van der Waals surface area contributed by atoms with Crippen LogP contribution in [0.1, 0.15) is 11.4 Å². The number of hydrogen-bond donors (Lipinski definition) is 2. The molecule has 5 aromatic rings. The fourth-order valence-electron chi connectivity index (χ4n) is 3.99. The van der Waals surface area contributed by atoms with Gasteiger partial charge in [-0.25, -0.2) is 14.2 Å². The first kappa shape index (κ1) is 22.6. The van der Waals surface area contributed by atoms with Gasteiger partial charge in [0, 0.05) is 23.5 Å². The SMILES string of the molecule is O=C(Nc1ccc(CCc2nc3ccccc3n2-c2ccccc2)cc1)Nc1ccc(F)c(Cl)c1. The molecule has 0 fully saturated rings. The molecule has 2 N–H and O–H groups in total. The van der Waals surface area contributed by atoms with Crippen molar-refractivity contribution in [1.82, 2.24) is 9.55 Å². The molecule has 4 aromatic carbocycles. The third kappa shape index (κ3) is 5.18. The number of carbonyl (C=O) groups is 1. The molecule has 0 aliphatic rings. The highest BCUT2D eigenvalue weighted by Gasteiger charge is 2.12. The number of para-hydroxylation sites is 3. The number of rotatable bonds is 6. The van der Waals surface area contributed by atoms with E-state index in [9.17, 15) is 9.18 Å². The average molecular weight is 485 g/mol. The Morgan fingerprint density at radius 1 is 0.829 bits per heavy atom. The first-order valence-electron chi connectivity index (χ1n) is 11.2. The maximum absolute atomic E-state index is 13.3. The van der Waals surface area contributed by atoms with Gasteiger partial charge in [0.15, 0.2) is 0 Å². The summed E-state index contributed by atoms with van der Waals surface area (Å²) in [5.74, 6) is 0.462. The highest BCUT2D eigenvalue weighted by atomic mass is 35.5. The summed E-state index contributed by atoms with van der Waals surface area (Å²) >= 11 is 5.76. The van der Waals surface area contributed by atoms with Gasteiger partial charge in [-0.2, -0.15) is 0 Å². The van der Waals surface area contributed by atoms with Crippen molar-refractivity contribution >= 4 is 40.0 Å². The van der Waals surface area contributed by atoms with Crippen LogP contribution in [0.15, 0.2) is 97.1 Å². The second-order valence-corrected chi connectivity index (χ2v) is 8.50. The number of carbonyl (C=O) groups excluding carboxylic acids is 1. The van der Waals surface area contributed by atoms with E-state index in [1.165, 1.54) is 18.2 Å². The number of aromatic nitrogens is 2. The number of fused-ring (bicyclic) bond motifs is 1. The van der Waals surface area contributed by atoms with Crippen LogP contribution in [0.25, 0.3) is 16.7 Å². The molecule has 0 unspecified atom stereocenters. The van der Waals surface area contributed by atoms with Crippen molar-refractivity contribution in [2.45, 2.75) is 12.8 Å². The van der Waals surface area contributed by atoms with E-state index in [1.54, 1.807) is 0 Å². The maximum atomic E-state index is 13.3. The molecule has 0 spiro atoms. The van der Waals surface area contributed by atoms with Crippen LogP contribution in [0.2, 0.25) is 5.02 Å². The number of hydrogen-bond acceptors (Lipinski definition) is 2. The Morgan fingerprint density at radius 2 is 1.51 bits per heavy atom. The molecule has 0 aliphatic carbocycles. The van der Waals surface area contributed by atoms with Crippen molar-refractivity contribution in [3.63, 3.8) is 0 Å². The van der Waals surface area contributed by atoms with E-state index in [0.29, 0.717) is 11.4 Å². The van der Waals surface area contributed by atoms with Gasteiger partial charge in [-0.1, -0.05) is 54.1 Å². The van der Waals surface area contributed by atoms with Gasteiger partial charge in [0.05, 0.1) is 16.1 Å². The van der Waals surface area contributed by atoms with E-state index in [4.69, 9.17) is 16.6 Å². The fourth-order valence-corrected chi connectivity index (χ4v) is 4.17. The van der Waals surface area contributed by atoms with Gasteiger partial charge < -0.3 is 10.6 Å². The molecule has 1 aromatic heterocycles. The topological polar surface area (TPSA) is 59.0 Å².